The standard InChI is InChI=1S/C29H29FN4O4/c1-18(35)34(14-13-33(2)3)23-10-8-22(9-11-23)31-28(20-6-4-5-19(15-20)16-26(36)37)27-24-12-7-21(30)17-25(24)32-29(27)38/h4-12,15,17,27H,13-14,16H2,1-3H3,(H,32,38)(H,36,37). The Morgan fingerprint density at radius 3 is 2.42 bits per heavy atom. The Morgan fingerprint density at radius 1 is 1.03 bits per heavy atom. The first-order chi connectivity index (χ1) is 18.1. The summed E-state index contributed by atoms with van der Waals surface area (Å²) in [7, 11) is 3.88. The highest BCUT2D eigenvalue weighted by Crippen LogP contribution is 2.37. The number of likely N-dealkylation sites (N-methyl/N-ethyl adjacent to an activating group) is 1. The molecule has 1 atom stereocenters. The number of carboxylic acids is 1. The van der Waals surface area contributed by atoms with Gasteiger partial charge in [-0.2, -0.15) is 0 Å². The van der Waals surface area contributed by atoms with Crippen LogP contribution in [-0.2, 0) is 20.8 Å². The number of hydrogen-bond donors (Lipinski definition) is 2. The van der Waals surface area contributed by atoms with Gasteiger partial charge in [0.25, 0.3) is 0 Å². The van der Waals surface area contributed by atoms with E-state index in [1.807, 2.05) is 19.0 Å². The molecule has 1 unspecified atom stereocenters. The number of rotatable bonds is 9. The number of carboxylic acid groups (broad SMARTS) is 1. The van der Waals surface area contributed by atoms with Crippen LogP contribution in [0.3, 0.4) is 0 Å². The Balaban J connectivity index is 1.77. The molecule has 0 fully saturated rings. The van der Waals surface area contributed by atoms with E-state index in [0.717, 1.165) is 5.69 Å². The first-order valence-corrected chi connectivity index (χ1v) is 12.2. The topological polar surface area (TPSA) is 102 Å². The van der Waals surface area contributed by atoms with E-state index in [1.165, 1.54) is 19.1 Å². The number of aliphatic imine (C=N–C) groups is 1. The summed E-state index contributed by atoms with van der Waals surface area (Å²) in [5.41, 5.74) is 3.79. The van der Waals surface area contributed by atoms with Gasteiger partial charge in [0.05, 0.1) is 17.8 Å². The van der Waals surface area contributed by atoms with Gasteiger partial charge in [-0.1, -0.05) is 24.3 Å². The van der Waals surface area contributed by atoms with E-state index in [4.69, 9.17) is 4.99 Å². The summed E-state index contributed by atoms with van der Waals surface area (Å²) in [5, 5.41) is 12.0. The van der Waals surface area contributed by atoms with Crippen molar-refractivity contribution in [3.05, 3.63) is 89.2 Å². The molecule has 0 saturated heterocycles. The van der Waals surface area contributed by atoms with E-state index in [0.29, 0.717) is 46.9 Å². The van der Waals surface area contributed by atoms with Crippen LogP contribution >= 0.6 is 0 Å². The fourth-order valence-corrected chi connectivity index (χ4v) is 4.43. The summed E-state index contributed by atoms with van der Waals surface area (Å²) < 4.78 is 13.9. The highest BCUT2D eigenvalue weighted by Gasteiger charge is 2.35. The van der Waals surface area contributed by atoms with Crippen LogP contribution in [0, 0.1) is 5.82 Å². The predicted molar refractivity (Wildman–Crippen MR) is 145 cm³/mol. The largest absolute Gasteiger partial charge is 0.481 e. The zero-order chi connectivity index (χ0) is 27.4. The average Bonchev–Trinajstić information content (AvgIpc) is 3.17. The lowest BCUT2D eigenvalue weighted by Crippen LogP contribution is -2.35. The lowest BCUT2D eigenvalue weighted by Gasteiger charge is -2.23. The van der Waals surface area contributed by atoms with Gasteiger partial charge >= 0.3 is 5.97 Å². The molecule has 3 aromatic carbocycles. The highest BCUT2D eigenvalue weighted by molar-refractivity contribution is 6.24. The average molecular weight is 517 g/mol. The molecule has 9 heteroatoms. The molecule has 0 aliphatic carbocycles. The maximum atomic E-state index is 13.9. The first-order valence-electron chi connectivity index (χ1n) is 12.2. The number of anilines is 2. The third-order valence-corrected chi connectivity index (χ3v) is 6.26. The fourth-order valence-electron chi connectivity index (χ4n) is 4.43. The van der Waals surface area contributed by atoms with Crippen LogP contribution in [0.15, 0.2) is 71.7 Å². The van der Waals surface area contributed by atoms with Gasteiger partial charge < -0.3 is 20.2 Å². The molecule has 8 nitrogen and oxygen atoms in total. The number of carbonyl (C=O) groups is 3. The number of nitrogens with one attached hydrogen (secondary N) is 1. The van der Waals surface area contributed by atoms with E-state index in [9.17, 15) is 23.9 Å². The second kappa shape index (κ2) is 11.4. The molecule has 2 amide bonds. The Labute approximate surface area is 220 Å². The minimum atomic E-state index is -0.972. The highest BCUT2D eigenvalue weighted by atomic mass is 19.1. The van der Waals surface area contributed by atoms with E-state index in [-0.39, 0.29) is 18.2 Å². The van der Waals surface area contributed by atoms with Crippen molar-refractivity contribution in [2.45, 2.75) is 19.3 Å². The molecule has 0 spiro atoms. The molecular weight excluding hydrogens is 487 g/mol. The zero-order valence-electron chi connectivity index (χ0n) is 21.4. The Bertz CT molecular complexity index is 1400. The smallest absolute Gasteiger partial charge is 0.307 e. The van der Waals surface area contributed by atoms with Gasteiger partial charge in [-0.25, -0.2) is 4.39 Å². The van der Waals surface area contributed by atoms with E-state index in [1.54, 1.807) is 59.5 Å². The molecule has 4 rings (SSSR count). The van der Waals surface area contributed by atoms with Crippen molar-refractivity contribution in [3.8, 4) is 0 Å². The van der Waals surface area contributed by atoms with Gasteiger partial charge in [-0.15, -0.1) is 0 Å². The zero-order valence-corrected chi connectivity index (χ0v) is 21.4. The Morgan fingerprint density at radius 2 is 1.76 bits per heavy atom. The number of aliphatic carboxylic acids is 1. The van der Waals surface area contributed by atoms with Crippen LogP contribution in [0.1, 0.15) is 29.5 Å². The van der Waals surface area contributed by atoms with E-state index in [2.05, 4.69) is 5.32 Å². The number of carbonyl (C=O) groups excluding carboxylic acids is 2. The summed E-state index contributed by atoms with van der Waals surface area (Å²) >= 11 is 0. The van der Waals surface area contributed by atoms with Gasteiger partial charge in [0.1, 0.15) is 11.7 Å². The Kier molecular flexibility index (Phi) is 7.97. The summed E-state index contributed by atoms with van der Waals surface area (Å²) in [5.74, 6) is -2.69. The van der Waals surface area contributed by atoms with Crippen LogP contribution in [0.4, 0.5) is 21.5 Å². The van der Waals surface area contributed by atoms with Gasteiger partial charge in [-0.05, 0) is 73.3 Å². The second-order valence-electron chi connectivity index (χ2n) is 9.41. The van der Waals surface area contributed by atoms with Gasteiger partial charge in [0, 0.05) is 31.4 Å². The normalized spacial score (nSPS) is 14.8. The molecule has 0 bridgehead atoms. The third-order valence-electron chi connectivity index (χ3n) is 6.26. The lowest BCUT2D eigenvalue weighted by atomic mass is 9.89. The lowest BCUT2D eigenvalue weighted by molar-refractivity contribution is -0.136. The molecule has 0 aromatic heterocycles. The number of amides is 2. The molecule has 1 aliphatic heterocycles. The molecule has 3 aromatic rings. The van der Waals surface area contributed by atoms with Crippen molar-refractivity contribution >= 4 is 40.6 Å². The molecule has 38 heavy (non-hydrogen) atoms. The number of benzene rings is 3. The van der Waals surface area contributed by atoms with Gasteiger partial charge in [0.15, 0.2) is 0 Å². The van der Waals surface area contributed by atoms with Crippen molar-refractivity contribution < 1.29 is 23.9 Å². The van der Waals surface area contributed by atoms with Crippen molar-refractivity contribution in [2.75, 3.05) is 37.4 Å². The Hall–Kier alpha value is -4.37. The van der Waals surface area contributed by atoms with Gasteiger partial charge in [0.2, 0.25) is 11.8 Å². The molecule has 0 radical (unpaired) electrons. The van der Waals surface area contributed by atoms with Crippen LogP contribution < -0.4 is 10.2 Å². The van der Waals surface area contributed by atoms with Crippen LogP contribution in [0.2, 0.25) is 0 Å². The van der Waals surface area contributed by atoms with E-state index < -0.39 is 17.7 Å². The summed E-state index contributed by atoms with van der Waals surface area (Å²) in [6.07, 6.45) is -0.178. The molecule has 0 saturated carbocycles. The van der Waals surface area contributed by atoms with Crippen LogP contribution in [-0.4, -0.2) is 60.7 Å². The molecule has 1 heterocycles. The minimum absolute atomic E-state index is 0.0782. The monoisotopic (exact) mass is 516 g/mol. The summed E-state index contributed by atoms with van der Waals surface area (Å²) in [6, 6.07) is 18.1. The molecule has 2 N–H and O–H groups in total. The van der Waals surface area contributed by atoms with Crippen LogP contribution in [0.25, 0.3) is 0 Å². The summed E-state index contributed by atoms with van der Waals surface area (Å²) in [4.78, 5) is 45.1. The van der Waals surface area contributed by atoms with Crippen molar-refractivity contribution in [1.82, 2.24) is 4.90 Å². The van der Waals surface area contributed by atoms with Crippen molar-refractivity contribution in [1.29, 1.82) is 0 Å². The first kappa shape index (κ1) is 26.7. The predicted octanol–water partition coefficient (Wildman–Crippen LogP) is 4.22. The van der Waals surface area contributed by atoms with E-state index >= 15 is 0 Å². The second-order valence-corrected chi connectivity index (χ2v) is 9.41. The molecule has 196 valence electrons. The summed E-state index contributed by atoms with van der Waals surface area (Å²) in [6.45, 7) is 2.75. The molecular formula is C29H29FN4O4. The number of halogens is 1. The minimum Gasteiger partial charge on any atom is -0.481 e. The third kappa shape index (κ3) is 6.12. The number of fused-ring (bicyclic) bond motifs is 1. The van der Waals surface area contributed by atoms with Gasteiger partial charge in [-0.3, -0.25) is 19.4 Å². The van der Waals surface area contributed by atoms with Crippen molar-refractivity contribution in [2.24, 2.45) is 4.99 Å². The maximum Gasteiger partial charge on any atom is 0.307 e. The number of nitrogens with zero attached hydrogens (tertiary/aromatic N) is 3. The maximum absolute atomic E-state index is 13.9. The number of hydrogen-bond acceptors (Lipinski definition) is 5. The van der Waals surface area contributed by atoms with Crippen LogP contribution in [0.5, 0.6) is 0 Å². The van der Waals surface area contributed by atoms with Crippen molar-refractivity contribution in [3.63, 3.8) is 0 Å². The quantitative estimate of drug-likeness (QED) is 0.415. The SMILES string of the molecule is CC(=O)N(CCN(C)C)c1ccc(N=C(c2cccc(CC(=O)O)c2)C2C(=O)Nc3cc(F)ccc32)cc1. The molecule has 1 aliphatic rings. The fraction of sp³-hybridized carbons (Fsp3) is 0.241.